The lowest BCUT2D eigenvalue weighted by Gasteiger charge is -2.19. The summed E-state index contributed by atoms with van der Waals surface area (Å²) in [6.45, 7) is 15.7. The van der Waals surface area contributed by atoms with Gasteiger partial charge >= 0.3 is 5.97 Å². The second-order valence-corrected chi connectivity index (χ2v) is 11.1. The number of nitrogen functional groups attached to an aromatic ring is 1. The number of carbonyl (C=O) groups is 1. The Hall–Kier alpha value is -2.15. The standard InChI is InChI=1S/C34H61NO14/c1-34(2,3)49-33(36)30-47-27-26-45-23-22-43-19-18-41-15-14-39-11-10-37-8-9-38-12-13-40-16-17-42-20-21-44-24-25-46-28-29-48-32-7-5-4-6-31(32)35/h4-7H,8-30,35H2,1-3H3. The van der Waals surface area contributed by atoms with Gasteiger partial charge in [-0.1, -0.05) is 12.1 Å². The van der Waals surface area contributed by atoms with Crippen LogP contribution in [-0.4, -0.2) is 164 Å². The van der Waals surface area contributed by atoms with Gasteiger partial charge in [0, 0.05) is 0 Å². The molecule has 0 aliphatic carbocycles. The molecular formula is C34H61NO14. The molecule has 0 saturated carbocycles. The fourth-order valence-corrected chi connectivity index (χ4v) is 3.55. The van der Waals surface area contributed by atoms with E-state index >= 15 is 0 Å². The first-order valence-corrected chi connectivity index (χ1v) is 16.9. The van der Waals surface area contributed by atoms with Crippen molar-refractivity contribution in [3.8, 4) is 5.75 Å². The summed E-state index contributed by atoms with van der Waals surface area (Å²) in [7, 11) is 0. The lowest BCUT2D eigenvalue weighted by molar-refractivity contribution is -0.160. The normalized spacial score (nSPS) is 11.7. The zero-order valence-corrected chi connectivity index (χ0v) is 29.9. The fraction of sp³-hybridized carbons (Fsp3) is 0.794. The van der Waals surface area contributed by atoms with Gasteiger partial charge in [0.2, 0.25) is 0 Å². The van der Waals surface area contributed by atoms with Crippen molar-refractivity contribution in [1.29, 1.82) is 0 Å². The molecule has 2 N–H and O–H groups in total. The number of hydrogen-bond acceptors (Lipinski definition) is 15. The molecule has 1 rings (SSSR count). The molecule has 0 bridgehead atoms. The second-order valence-electron chi connectivity index (χ2n) is 11.1. The molecule has 0 spiro atoms. The largest absolute Gasteiger partial charge is 0.489 e. The summed E-state index contributed by atoms with van der Waals surface area (Å²) >= 11 is 0. The molecule has 0 atom stereocenters. The van der Waals surface area contributed by atoms with Crippen LogP contribution in [0.4, 0.5) is 5.69 Å². The van der Waals surface area contributed by atoms with Gasteiger partial charge in [-0.25, -0.2) is 4.79 Å². The SMILES string of the molecule is CC(C)(C)OC(=O)COCCOCCOCCOCCOCCOCCOCCOCCOCCOCCOCCOc1ccccc1N. The molecule has 0 radical (unpaired) electrons. The van der Waals surface area contributed by atoms with Crippen LogP contribution in [0.25, 0.3) is 0 Å². The number of benzene rings is 1. The van der Waals surface area contributed by atoms with Gasteiger partial charge in [0.25, 0.3) is 0 Å². The van der Waals surface area contributed by atoms with Crippen molar-refractivity contribution in [2.24, 2.45) is 0 Å². The van der Waals surface area contributed by atoms with Crippen molar-refractivity contribution in [3.05, 3.63) is 24.3 Å². The number of rotatable bonds is 36. The third-order valence-electron chi connectivity index (χ3n) is 5.76. The van der Waals surface area contributed by atoms with Crippen LogP contribution in [0.15, 0.2) is 24.3 Å². The van der Waals surface area contributed by atoms with Gasteiger partial charge in [-0.05, 0) is 32.9 Å². The maximum absolute atomic E-state index is 11.5. The first kappa shape index (κ1) is 44.9. The number of nitrogens with two attached hydrogens (primary N) is 1. The van der Waals surface area contributed by atoms with Crippen molar-refractivity contribution in [2.75, 3.05) is 158 Å². The van der Waals surface area contributed by atoms with Crippen LogP contribution in [0.5, 0.6) is 5.75 Å². The van der Waals surface area contributed by atoms with Crippen LogP contribution in [0.2, 0.25) is 0 Å². The minimum absolute atomic E-state index is 0.0853. The van der Waals surface area contributed by atoms with E-state index < -0.39 is 5.60 Å². The highest BCUT2D eigenvalue weighted by molar-refractivity contribution is 5.71. The number of carbonyl (C=O) groups excluding carboxylic acids is 1. The topological polar surface area (TPSA) is 163 Å². The van der Waals surface area contributed by atoms with Crippen molar-refractivity contribution in [2.45, 2.75) is 26.4 Å². The lowest BCUT2D eigenvalue weighted by Crippen LogP contribution is -2.27. The molecule has 0 amide bonds. The smallest absolute Gasteiger partial charge is 0.332 e. The van der Waals surface area contributed by atoms with E-state index in [9.17, 15) is 4.79 Å². The van der Waals surface area contributed by atoms with Crippen molar-refractivity contribution < 1.29 is 66.4 Å². The Labute approximate surface area is 292 Å². The van der Waals surface area contributed by atoms with E-state index in [2.05, 4.69) is 0 Å². The second kappa shape index (κ2) is 33.0. The van der Waals surface area contributed by atoms with E-state index in [0.717, 1.165) is 0 Å². The lowest BCUT2D eigenvalue weighted by atomic mass is 10.2. The summed E-state index contributed by atoms with van der Waals surface area (Å²) in [5.41, 5.74) is 5.92. The van der Waals surface area contributed by atoms with E-state index in [1.165, 1.54) is 0 Å². The van der Waals surface area contributed by atoms with Crippen molar-refractivity contribution in [3.63, 3.8) is 0 Å². The monoisotopic (exact) mass is 707 g/mol. The number of hydrogen-bond donors (Lipinski definition) is 1. The van der Waals surface area contributed by atoms with E-state index in [0.29, 0.717) is 157 Å². The maximum atomic E-state index is 11.5. The fourth-order valence-electron chi connectivity index (χ4n) is 3.55. The van der Waals surface area contributed by atoms with Crippen LogP contribution in [0.1, 0.15) is 20.8 Å². The molecule has 1 aromatic rings. The zero-order chi connectivity index (χ0) is 35.5. The highest BCUT2D eigenvalue weighted by Crippen LogP contribution is 2.19. The summed E-state index contributed by atoms with van der Waals surface area (Å²) in [4.78, 5) is 11.5. The van der Waals surface area contributed by atoms with Crippen LogP contribution >= 0.6 is 0 Å². The minimum Gasteiger partial charge on any atom is -0.489 e. The first-order chi connectivity index (χ1) is 23.9. The molecule has 0 aliphatic heterocycles. The number of anilines is 1. The molecule has 0 aromatic heterocycles. The minimum atomic E-state index is -0.513. The van der Waals surface area contributed by atoms with Crippen molar-refractivity contribution >= 4 is 11.7 Å². The van der Waals surface area contributed by atoms with Gasteiger partial charge in [-0.15, -0.1) is 0 Å². The number of esters is 1. The molecule has 0 heterocycles. The zero-order valence-electron chi connectivity index (χ0n) is 29.9. The highest BCUT2D eigenvalue weighted by Gasteiger charge is 2.15. The Morgan fingerprint density at radius 2 is 0.755 bits per heavy atom. The molecule has 0 fully saturated rings. The number of ether oxygens (including phenoxy) is 13. The van der Waals surface area contributed by atoms with Crippen LogP contribution in [0.3, 0.4) is 0 Å². The van der Waals surface area contributed by atoms with Gasteiger partial charge in [0.1, 0.15) is 24.6 Å². The van der Waals surface area contributed by atoms with Crippen molar-refractivity contribution in [1.82, 2.24) is 0 Å². The first-order valence-electron chi connectivity index (χ1n) is 16.9. The molecule has 1 aromatic carbocycles. The van der Waals surface area contributed by atoms with E-state index in [1.54, 1.807) is 6.07 Å². The molecule has 49 heavy (non-hydrogen) atoms. The molecule has 0 saturated heterocycles. The highest BCUT2D eigenvalue weighted by atomic mass is 16.6. The molecular weight excluding hydrogens is 646 g/mol. The molecule has 15 heteroatoms. The van der Waals surface area contributed by atoms with E-state index in [4.69, 9.17) is 67.3 Å². The summed E-state index contributed by atoms with van der Waals surface area (Å²) < 4.78 is 70.5. The van der Waals surface area contributed by atoms with Gasteiger partial charge in [0.05, 0.1) is 144 Å². The summed E-state index contributed by atoms with van der Waals surface area (Å²) in [6.07, 6.45) is 0. The van der Waals surface area contributed by atoms with Gasteiger partial charge in [0.15, 0.2) is 0 Å². The van der Waals surface area contributed by atoms with Gasteiger partial charge < -0.3 is 67.3 Å². The average Bonchev–Trinajstić information content (AvgIpc) is 3.06. The summed E-state index contributed by atoms with van der Waals surface area (Å²) in [5.74, 6) is 0.276. The molecule has 286 valence electrons. The molecule has 0 aliphatic rings. The summed E-state index contributed by atoms with van der Waals surface area (Å²) in [6, 6.07) is 7.37. The predicted octanol–water partition coefficient (Wildman–Crippen LogP) is 2.17. The molecule has 0 unspecified atom stereocenters. The Morgan fingerprint density at radius 3 is 1.06 bits per heavy atom. The van der Waals surface area contributed by atoms with Gasteiger partial charge in [-0.3, -0.25) is 0 Å². The Morgan fingerprint density at radius 1 is 0.469 bits per heavy atom. The number of para-hydroxylation sites is 2. The maximum Gasteiger partial charge on any atom is 0.332 e. The Kier molecular flexibility index (Phi) is 30.2. The third-order valence-corrected chi connectivity index (χ3v) is 5.76. The van der Waals surface area contributed by atoms with Crippen LogP contribution < -0.4 is 10.5 Å². The van der Waals surface area contributed by atoms with E-state index in [-0.39, 0.29) is 12.6 Å². The van der Waals surface area contributed by atoms with Crippen LogP contribution in [-0.2, 0) is 61.6 Å². The average molecular weight is 708 g/mol. The van der Waals surface area contributed by atoms with E-state index in [1.807, 2.05) is 39.0 Å². The van der Waals surface area contributed by atoms with Crippen LogP contribution in [0, 0.1) is 0 Å². The quantitative estimate of drug-likeness (QED) is 0.0613. The summed E-state index contributed by atoms with van der Waals surface area (Å²) in [5, 5.41) is 0. The van der Waals surface area contributed by atoms with Gasteiger partial charge in [-0.2, -0.15) is 0 Å². The Balaban J connectivity index is 1.64. The Bertz CT molecular complexity index is 874. The predicted molar refractivity (Wildman–Crippen MR) is 181 cm³/mol. The third kappa shape index (κ3) is 32.8. The molecule has 15 nitrogen and oxygen atoms in total.